The third kappa shape index (κ3) is 2.70. The fraction of sp³-hybridized carbons (Fsp3) is 0.0909. The lowest BCUT2D eigenvalue weighted by molar-refractivity contribution is -0.385. The van der Waals surface area contributed by atoms with Crippen LogP contribution in [0.15, 0.2) is 41.8 Å². The highest BCUT2D eigenvalue weighted by atomic mass is 16.6. The molecule has 0 aliphatic carbocycles. The van der Waals surface area contributed by atoms with Crippen LogP contribution in [0.5, 0.6) is 0 Å². The summed E-state index contributed by atoms with van der Waals surface area (Å²) in [5.74, 6) is 0.450. The van der Waals surface area contributed by atoms with Crippen molar-refractivity contribution < 1.29 is 4.92 Å². The number of rotatable bonds is 4. The number of pyridine rings is 1. The summed E-state index contributed by atoms with van der Waals surface area (Å²) < 4.78 is 1.91. The Bertz CT molecular complexity index is 573. The second-order valence-corrected chi connectivity index (χ2v) is 3.57. The number of anilines is 1. The van der Waals surface area contributed by atoms with Gasteiger partial charge in [-0.15, -0.1) is 0 Å². The first-order valence-corrected chi connectivity index (χ1v) is 5.17. The average molecular weight is 245 g/mol. The molecule has 0 aliphatic rings. The van der Waals surface area contributed by atoms with E-state index in [0.29, 0.717) is 5.82 Å². The standard InChI is InChI=1S/C11H11N5O2/c1-15-6-2-3-9(15)8-13-14-11-5-4-10(7-12-11)16(17)18/h2-8H,1H3,(H,12,14)/b13-8-. The van der Waals surface area contributed by atoms with Crippen molar-refractivity contribution in [2.45, 2.75) is 0 Å². The van der Waals surface area contributed by atoms with Crippen molar-refractivity contribution in [2.75, 3.05) is 5.43 Å². The molecule has 18 heavy (non-hydrogen) atoms. The molecule has 7 nitrogen and oxygen atoms in total. The van der Waals surface area contributed by atoms with Crippen LogP contribution in [0.1, 0.15) is 5.69 Å². The predicted octanol–water partition coefficient (Wildman–Crippen LogP) is 1.77. The molecule has 1 N–H and O–H groups in total. The monoisotopic (exact) mass is 245 g/mol. The molecule has 0 fully saturated rings. The zero-order valence-corrected chi connectivity index (χ0v) is 9.65. The van der Waals surface area contributed by atoms with Gasteiger partial charge in [-0.1, -0.05) is 0 Å². The van der Waals surface area contributed by atoms with Crippen LogP contribution in [0.4, 0.5) is 11.5 Å². The molecule has 0 unspecified atom stereocenters. The molecule has 7 heteroatoms. The Kier molecular flexibility index (Phi) is 3.33. The van der Waals surface area contributed by atoms with E-state index in [1.54, 1.807) is 6.21 Å². The fourth-order valence-electron chi connectivity index (χ4n) is 1.33. The average Bonchev–Trinajstić information content (AvgIpc) is 2.76. The van der Waals surface area contributed by atoms with Crippen LogP contribution >= 0.6 is 0 Å². The Hall–Kier alpha value is -2.70. The molecule has 0 radical (unpaired) electrons. The Morgan fingerprint density at radius 1 is 1.50 bits per heavy atom. The summed E-state index contributed by atoms with van der Waals surface area (Å²) >= 11 is 0. The van der Waals surface area contributed by atoms with Crippen molar-refractivity contribution in [2.24, 2.45) is 12.1 Å². The van der Waals surface area contributed by atoms with E-state index in [-0.39, 0.29) is 5.69 Å². The molecule has 0 spiro atoms. The highest BCUT2D eigenvalue weighted by molar-refractivity contribution is 5.78. The van der Waals surface area contributed by atoms with Gasteiger partial charge in [0.2, 0.25) is 0 Å². The molecule has 0 aliphatic heterocycles. The number of aromatic nitrogens is 2. The molecule has 0 saturated heterocycles. The molecule has 92 valence electrons. The molecular formula is C11H11N5O2. The van der Waals surface area contributed by atoms with Crippen LogP contribution in [0.3, 0.4) is 0 Å². The van der Waals surface area contributed by atoms with Gasteiger partial charge in [-0.2, -0.15) is 5.10 Å². The highest BCUT2D eigenvalue weighted by Gasteiger charge is 2.04. The van der Waals surface area contributed by atoms with Crippen LogP contribution in [0.2, 0.25) is 0 Å². The maximum atomic E-state index is 10.4. The number of nitro groups is 1. The van der Waals surface area contributed by atoms with E-state index in [1.165, 1.54) is 18.3 Å². The number of nitrogens with one attached hydrogen (secondary N) is 1. The van der Waals surface area contributed by atoms with Crippen LogP contribution in [0, 0.1) is 10.1 Å². The lowest BCUT2D eigenvalue weighted by Crippen LogP contribution is -1.97. The lowest BCUT2D eigenvalue weighted by Gasteiger charge is -1.99. The molecule has 0 saturated carbocycles. The van der Waals surface area contributed by atoms with Crippen molar-refractivity contribution in [1.82, 2.24) is 9.55 Å². The van der Waals surface area contributed by atoms with E-state index in [1.807, 2.05) is 29.9 Å². The lowest BCUT2D eigenvalue weighted by atomic mass is 10.4. The van der Waals surface area contributed by atoms with Crippen molar-refractivity contribution >= 4 is 17.7 Å². The first-order chi connectivity index (χ1) is 8.66. The van der Waals surface area contributed by atoms with Crippen LogP contribution in [-0.2, 0) is 7.05 Å². The molecule has 0 bridgehead atoms. The summed E-state index contributed by atoms with van der Waals surface area (Å²) in [5, 5.41) is 14.4. The highest BCUT2D eigenvalue weighted by Crippen LogP contribution is 2.11. The minimum atomic E-state index is -0.496. The van der Waals surface area contributed by atoms with Gasteiger partial charge >= 0.3 is 0 Å². The van der Waals surface area contributed by atoms with Gasteiger partial charge in [0.25, 0.3) is 5.69 Å². The molecule has 2 aromatic rings. The Labute approximate surface area is 103 Å². The van der Waals surface area contributed by atoms with Gasteiger partial charge in [0.1, 0.15) is 12.0 Å². The zero-order chi connectivity index (χ0) is 13.0. The normalized spacial score (nSPS) is 10.7. The molecule has 2 heterocycles. The zero-order valence-electron chi connectivity index (χ0n) is 9.65. The van der Waals surface area contributed by atoms with Crippen LogP contribution in [-0.4, -0.2) is 20.7 Å². The largest absolute Gasteiger partial charge is 0.350 e. The minimum absolute atomic E-state index is 0.0491. The maximum absolute atomic E-state index is 10.4. The van der Waals surface area contributed by atoms with Crippen molar-refractivity contribution in [3.8, 4) is 0 Å². The summed E-state index contributed by atoms with van der Waals surface area (Å²) in [6.45, 7) is 0. The predicted molar refractivity (Wildman–Crippen MR) is 67.5 cm³/mol. The van der Waals surface area contributed by atoms with E-state index in [9.17, 15) is 10.1 Å². The van der Waals surface area contributed by atoms with E-state index in [0.717, 1.165) is 5.69 Å². The first kappa shape index (κ1) is 11.8. The Balaban J connectivity index is 2.00. The second kappa shape index (κ2) is 5.09. The number of hydrazone groups is 1. The summed E-state index contributed by atoms with van der Waals surface area (Å²) in [6, 6.07) is 6.69. The van der Waals surface area contributed by atoms with E-state index >= 15 is 0 Å². The summed E-state index contributed by atoms with van der Waals surface area (Å²) in [6.07, 6.45) is 4.73. The minimum Gasteiger partial charge on any atom is -0.350 e. The summed E-state index contributed by atoms with van der Waals surface area (Å²) in [7, 11) is 1.91. The number of aryl methyl sites for hydroxylation is 1. The molecule has 2 rings (SSSR count). The fourth-order valence-corrected chi connectivity index (χ4v) is 1.33. The number of nitrogens with zero attached hydrogens (tertiary/aromatic N) is 4. The summed E-state index contributed by atoms with van der Waals surface area (Å²) in [5.41, 5.74) is 3.58. The smallest absolute Gasteiger partial charge is 0.287 e. The molecule has 0 atom stereocenters. The molecule has 0 aromatic carbocycles. The van der Waals surface area contributed by atoms with Crippen molar-refractivity contribution in [3.63, 3.8) is 0 Å². The molecule has 0 amide bonds. The van der Waals surface area contributed by atoms with Crippen molar-refractivity contribution in [3.05, 3.63) is 52.5 Å². The van der Waals surface area contributed by atoms with Gasteiger partial charge in [-0.05, 0) is 18.2 Å². The third-order valence-electron chi connectivity index (χ3n) is 2.32. The Morgan fingerprint density at radius 3 is 2.89 bits per heavy atom. The second-order valence-electron chi connectivity index (χ2n) is 3.57. The van der Waals surface area contributed by atoms with Gasteiger partial charge in [0, 0.05) is 19.3 Å². The Morgan fingerprint density at radius 2 is 2.33 bits per heavy atom. The van der Waals surface area contributed by atoms with E-state index < -0.39 is 4.92 Å². The van der Waals surface area contributed by atoms with Gasteiger partial charge in [-0.3, -0.25) is 15.5 Å². The number of hydrogen-bond donors (Lipinski definition) is 1. The summed E-state index contributed by atoms with van der Waals surface area (Å²) in [4.78, 5) is 13.8. The quantitative estimate of drug-likeness (QED) is 0.505. The van der Waals surface area contributed by atoms with Gasteiger partial charge < -0.3 is 4.57 Å². The molecule has 2 aromatic heterocycles. The van der Waals surface area contributed by atoms with Crippen LogP contribution in [0.25, 0.3) is 0 Å². The molecular weight excluding hydrogens is 234 g/mol. The van der Waals surface area contributed by atoms with Crippen molar-refractivity contribution in [1.29, 1.82) is 0 Å². The third-order valence-corrected chi connectivity index (χ3v) is 2.32. The number of hydrogen-bond acceptors (Lipinski definition) is 5. The van der Waals surface area contributed by atoms with E-state index in [2.05, 4.69) is 15.5 Å². The van der Waals surface area contributed by atoms with Gasteiger partial charge in [0.05, 0.1) is 16.8 Å². The van der Waals surface area contributed by atoms with E-state index in [4.69, 9.17) is 0 Å². The topological polar surface area (TPSA) is 85.3 Å². The van der Waals surface area contributed by atoms with Gasteiger partial charge in [0.15, 0.2) is 0 Å². The SMILES string of the molecule is Cn1cccc1/C=N\Nc1ccc([N+](=O)[O-])cn1. The van der Waals surface area contributed by atoms with Gasteiger partial charge in [-0.25, -0.2) is 4.98 Å². The van der Waals surface area contributed by atoms with Crippen LogP contribution < -0.4 is 5.43 Å². The first-order valence-electron chi connectivity index (χ1n) is 5.17. The maximum Gasteiger partial charge on any atom is 0.287 e.